The highest BCUT2D eigenvalue weighted by molar-refractivity contribution is 6.04. The number of likely N-dealkylation sites (N-methyl/N-ethyl adjacent to an activating group) is 1. The summed E-state index contributed by atoms with van der Waals surface area (Å²) in [7, 11) is 2.16. The third-order valence-electron chi connectivity index (χ3n) is 6.15. The van der Waals surface area contributed by atoms with Crippen molar-refractivity contribution in [1.82, 2.24) is 24.8 Å². The molecule has 1 aliphatic rings. The Bertz CT molecular complexity index is 1310. The Morgan fingerprint density at radius 1 is 0.944 bits per heavy atom. The smallest absolute Gasteiger partial charge is 0.255 e. The van der Waals surface area contributed by atoms with Crippen LogP contribution in [0.15, 0.2) is 85.5 Å². The fourth-order valence-electron chi connectivity index (χ4n) is 4.10. The topological polar surface area (TPSA) is 83.5 Å². The molecule has 3 heterocycles. The number of hydrogen-bond donors (Lipinski definition) is 1. The minimum atomic E-state index is -0.169. The lowest BCUT2D eigenvalue weighted by atomic mass is 10.1. The second-order valence-corrected chi connectivity index (χ2v) is 8.81. The molecule has 8 heteroatoms. The Labute approximate surface area is 210 Å². The van der Waals surface area contributed by atoms with E-state index in [1.165, 1.54) is 11.9 Å². The van der Waals surface area contributed by atoms with Gasteiger partial charge in [0.05, 0.1) is 11.3 Å². The first-order chi connectivity index (χ1) is 17.6. The van der Waals surface area contributed by atoms with Crippen molar-refractivity contribution in [2.45, 2.75) is 6.54 Å². The molecule has 36 heavy (non-hydrogen) atoms. The standard InChI is InChI=1S/C28H28N6O2/c1-33-14-16-34(17-15-33)19-21-7-9-22(10-8-21)27(35)32-23-4-2-5-24(18-23)36-28-25(6-3-12-30-28)26-11-13-29-20-31-26/h2-13,18,20H,14-17,19H2,1H3,(H,32,35). The molecule has 0 unspecified atom stereocenters. The summed E-state index contributed by atoms with van der Waals surface area (Å²) in [4.78, 5) is 30.3. The SMILES string of the molecule is CN1CCN(Cc2ccc(C(=O)Nc3cccc(Oc4ncccc4-c4ccncn4)c3)cc2)CC1. The van der Waals surface area contributed by atoms with Gasteiger partial charge in [-0.2, -0.15) is 0 Å². The van der Waals surface area contributed by atoms with Gasteiger partial charge in [0.2, 0.25) is 5.88 Å². The van der Waals surface area contributed by atoms with Crippen molar-refractivity contribution in [1.29, 1.82) is 0 Å². The number of amides is 1. The number of hydrogen-bond acceptors (Lipinski definition) is 7. The summed E-state index contributed by atoms with van der Waals surface area (Å²) in [6, 6.07) is 20.6. The van der Waals surface area contributed by atoms with E-state index in [2.05, 4.69) is 37.1 Å². The highest BCUT2D eigenvalue weighted by Crippen LogP contribution is 2.30. The second-order valence-electron chi connectivity index (χ2n) is 8.81. The van der Waals surface area contributed by atoms with E-state index in [0.29, 0.717) is 28.6 Å². The van der Waals surface area contributed by atoms with Gasteiger partial charge in [0, 0.05) is 62.4 Å². The summed E-state index contributed by atoms with van der Waals surface area (Å²) in [5.74, 6) is 0.817. The first-order valence-corrected chi connectivity index (χ1v) is 11.9. The Morgan fingerprint density at radius 2 is 1.78 bits per heavy atom. The molecular weight excluding hydrogens is 452 g/mol. The molecule has 2 aromatic heterocycles. The monoisotopic (exact) mass is 480 g/mol. The molecule has 1 amide bonds. The number of nitrogens with zero attached hydrogens (tertiary/aromatic N) is 5. The number of benzene rings is 2. The van der Waals surface area contributed by atoms with Crippen LogP contribution in [0.3, 0.4) is 0 Å². The number of ether oxygens (including phenoxy) is 1. The quantitative estimate of drug-likeness (QED) is 0.422. The molecule has 0 spiro atoms. The molecule has 182 valence electrons. The molecule has 0 radical (unpaired) electrons. The maximum absolute atomic E-state index is 12.9. The summed E-state index contributed by atoms with van der Waals surface area (Å²) in [6.07, 6.45) is 4.83. The zero-order chi connectivity index (χ0) is 24.7. The normalized spacial score (nSPS) is 14.4. The number of nitrogens with one attached hydrogen (secondary N) is 1. The molecule has 5 rings (SSSR count). The van der Waals surface area contributed by atoms with E-state index in [-0.39, 0.29) is 5.91 Å². The maximum atomic E-state index is 12.9. The molecule has 0 bridgehead atoms. The molecule has 1 fully saturated rings. The van der Waals surface area contributed by atoms with E-state index in [1.54, 1.807) is 24.5 Å². The van der Waals surface area contributed by atoms with E-state index >= 15 is 0 Å². The van der Waals surface area contributed by atoms with Crippen LogP contribution in [0.25, 0.3) is 11.3 Å². The van der Waals surface area contributed by atoms with Crippen LogP contribution in [0.2, 0.25) is 0 Å². The lowest BCUT2D eigenvalue weighted by Crippen LogP contribution is -2.43. The maximum Gasteiger partial charge on any atom is 0.255 e. The number of rotatable bonds is 7. The number of pyridine rings is 1. The summed E-state index contributed by atoms with van der Waals surface area (Å²) in [5, 5.41) is 2.96. The molecule has 8 nitrogen and oxygen atoms in total. The van der Waals surface area contributed by atoms with Crippen molar-refractivity contribution in [2.75, 3.05) is 38.5 Å². The third kappa shape index (κ3) is 5.91. The number of piperazine rings is 1. The fraction of sp³-hybridized carbons (Fsp3) is 0.214. The van der Waals surface area contributed by atoms with E-state index in [1.807, 2.05) is 54.6 Å². The minimum absolute atomic E-state index is 0.169. The molecule has 2 aromatic carbocycles. The first-order valence-electron chi connectivity index (χ1n) is 11.9. The minimum Gasteiger partial charge on any atom is -0.438 e. The highest BCUT2D eigenvalue weighted by atomic mass is 16.5. The zero-order valence-corrected chi connectivity index (χ0v) is 20.2. The van der Waals surface area contributed by atoms with Crippen LogP contribution in [0.4, 0.5) is 5.69 Å². The summed E-state index contributed by atoms with van der Waals surface area (Å²) in [5.41, 5.74) is 3.93. The van der Waals surface area contributed by atoms with Crippen LogP contribution in [-0.4, -0.2) is 63.9 Å². The molecule has 1 saturated heterocycles. The zero-order valence-electron chi connectivity index (χ0n) is 20.2. The van der Waals surface area contributed by atoms with Gasteiger partial charge in [-0.05, 0) is 55.1 Å². The highest BCUT2D eigenvalue weighted by Gasteiger charge is 2.15. The van der Waals surface area contributed by atoms with Crippen molar-refractivity contribution in [2.24, 2.45) is 0 Å². The molecule has 0 saturated carbocycles. The summed E-state index contributed by atoms with van der Waals surface area (Å²) >= 11 is 0. The van der Waals surface area contributed by atoms with Crippen molar-refractivity contribution < 1.29 is 9.53 Å². The predicted molar refractivity (Wildman–Crippen MR) is 139 cm³/mol. The Kier molecular flexibility index (Phi) is 7.25. The Balaban J connectivity index is 1.23. The average molecular weight is 481 g/mol. The largest absolute Gasteiger partial charge is 0.438 e. The van der Waals surface area contributed by atoms with E-state index in [9.17, 15) is 4.79 Å². The summed E-state index contributed by atoms with van der Waals surface area (Å²) < 4.78 is 6.06. The Hall–Kier alpha value is -4.14. The van der Waals surface area contributed by atoms with Gasteiger partial charge in [0.25, 0.3) is 5.91 Å². The van der Waals surface area contributed by atoms with Crippen molar-refractivity contribution in [3.63, 3.8) is 0 Å². The van der Waals surface area contributed by atoms with Crippen LogP contribution in [0, 0.1) is 0 Å². The van der Waals surface area contributed by atoms with E-state index < -0.39 is 0 Å². The van der Waals surface area contributed by atoms with Gasteiger partial charge in [0.1, 0.15) is 12.1 Å². The first kappa shape index (κ1) is 23.6. The second kappa shape index (κ2) is 11.1. The van der Waals surface area contributed by atoms with Crippen LogP contribution in [0.5, 0.6) is 11.6 Å². The number of aromatic nitrogens is 3. The predicted octanol–water partition coefficient (Wildman–Crippen LogP) is 4.33. The fourth-order valence-corrected chi connectivity index (χ4v) is 4.10. The lowest BCUT2D eigenvalue weighted by molar-refractivity contribution is 0.102. The molecule has 1 N–H and O–H groups in total. The molecule has 1 aliphatic heterocycles. The van der Waals surface area contributed by atoms with Crippen LogP contribution in [0.1, 0.15) is 15.9 Å². The van der Waals surface area contributed by atoms with Gasteiger partial charge in [-0.25, -0.2) is 15.0 Å². The van der Waals surface area contributed by atoms with Gasteiger partial charge >= 0.3 is 0 Å². The van der Waals surface area contributed by atoms with Crippen molar-refractivity contribution >= 4 is 11.6 Å². The molecule has 0 aliphatic carbocycles. The third-order valence-corrected chi connectivity index (χ3v) is 6.15. The molecule has 4 aromatic rings. The van der Waals surface area contributed by atoms with Crippen LogP contribution < -0.4 is 10.1 Å². The lowest BCUT2D eigenvalue weighted by Gasteiger charge is -2.32. The Morgan fingerprint density at radius 3 is 2.56 bits per heavy atom. The van der Waals surface area contributed by atoms with Gasteiger partial charge < -0.3 is 15.0 Å². The van der Waals surface area contributed by atoms with E-state index in [4.69, 9.17) is 4.74 Å². The number of anilines is 1. The van der Waals surface area contributed by atoms with Gasteiger partial charge in [-0.1, -0.05) is 18.2 Å². The van der Waals surface area contributed by atoms with E-state index in [0.717, 1.165) is 38.3 Å². The molecule has 0 atom stereocenters. The van der Waals surface area contributed by atoms with Gasteiger partial charge in [0.15, 0.2) is 0 Å². The molecular formula is C28H28N6O2. The average Bonchev–Trinajstić information content (AvgIpc) is 2.91. The van der Waals surface area contributed by atoms with Gasteiger partial charge in [-0.3, -0.25) is 9.69 Å². The number of carbonyl (C=O) groups is 1. The number of carbonyl (C=O) groups excluding carboxylic acids is 1. The van der Waals surface area contributed by atoms with Crippen molar-refractivity contribution in [3.8, 4) is 22.9 Å². The van der Waals surface area contributed by atoms with Crippen LogP contribution >= 0.6 is 0 Å². The summed E-state index contributed by atoms with van der Waals surface area (Å²) in [6.45, 7) is 5.21. The van der Waals surface area contributed by atoms with Crippen LogP contribution in [-0.2, 0) is 6.54 Å². The van der Waals surface area contributed by atoms with Crippen molar-refractivity contribution in [3.05, 3.63) is 96.6 Å². The van der Waals surface area contributed by atoms with Gasteiger partial charge in [-0.15, -0.1) is 0 Å².